The van der Waals surface area contributed by atoms with Gasteiger partial charge in [0.1, 0.15) is 11.6 Å². The van der Waals surface area contributed by atoms with E-state index in [1.807, 2.05) is 23.6 Å². The number of carbonyl (C=O) groups is 1. The molecule has 7 heteroatoms. The molecule has 2 aliphatic rings. The molecule has 2 aliphatic heterocycles. The zero-order valence-electron chi connectivity index (χ0n) is 15.1. The monoisotopic (exact) mass is 335 g/mol. The lowest BCUT2D eigenvalue weighted by molar-refractivity contribution is -0.140. The fraction of sp³-hybridized carbons (Fsp3) is 0.824. The summed E-state index contributed by atoms with van der Waals surface area (Å²) in [5.74, 6) is 2.15. The first-order chi connectivity index (χ1) is 11.5. The van der Waals surface area contributed by atoms with Crippen LogP contribution in [0.15, 0.2) is 0 Å². The van der Waals surface area contributed by atoms with Gasteiger partial charge < -0.3 is 9.64 Å². The van der Waals surface area contributed by atoms with E-state index in [1.165, 1.54) is 0 Å². The fourth-order valence-electron chi connectivity index (χ4n) is 4.00. The van der Waals surface area contributed by atoms with Crippen LogP contribution in [0.3, 0.4) is 0 Å². The zero-order chi connectivity index (χ0) is 17.2. The zero-order valence-corrected chi connectivity index (χ0v) is 15.1. The molecule has 2 saturated heterocycles. The van der Waals surface area contributed by atoms with Crippen molar-refractivity contribution in [1.82, 2.24) is 24.6 Å². The summed E-state index contributed by atoms with van der Waals surface area (Å²) in [4.78, 5) is 21.1. The van der Waals surface area contributed by atoms with Gasteiger partial charge in [-0.2, -0.15) is 5.10 Å². The molecular formula is C17H29N5O2. The van der Waals surface area contributed by atoms with Gasteiger partial charge in [0.25, 0.3) is 0 Å². The second kappa shape index (κ2) is 7.19. The Bertz CT molecular complexity index is 578. The van der Waals surface area contributed by atoms with Gasteiger partial charge in [-0.3, -0.25) is 14.4 Å². The fourth-order valence-corrected chi connectivity index (χ4v) is 4.00. The highest BCUT2D eigenvalue weighted by Crippen LogP contribution is 2.40. The van der Waals surface area contributed by atoms with E-state index >= 15 is 0 Å². The molecule has 3 heterocycles. The maximum absolute atomic E-state index is 12.1. The van der Waals surface area contributed by atoms with E-state index in [4.69, 9.17) is 4.74 Å². The summed E-state index contributed by atoms with van der Waals surface area (Å²) in [6.45, 7) is 7.17. The Balaban J connectivity index is 1.55. The normalized spacial score (nSPS) is 21.6. The standard InChI is InChI=1S/C17H29N5O2/c1-14-18-15(20(2)19-14)12-21-8-6-17(7-9-21)5-4-16(23)22(13-17)10-11-24-3/h4-13H2,1-3H3. The Morgan fingerprint density at radius 1 is 1.25 bits per heavy atom. The summed E-state index contributed by atoms with van der Waals surface area (Å²) in [6, 6.07) is 0. The third kappa shape index (κ3) is 3.78. The first kappa shape index (κ1) is 17.4. The molecule has 3 rings (SSSR count). The molecule has 24 heavy (non-hydrogen) atoms. The number of aromatic nitrogens is 3. The van der Waals surface area contributed by atoms with E-state index < -0.39 is 0 Å². The van der Waals surface area contributed by atoms with Gasteiger partial charge in [0.15, 0.2) is 0 Å². The van der Waals surface area contributed by atoms with E-state index in [2.05, 4.69) is 15.0 Å². The van der Waals surface area contributed by atoms with Crippen LogP contribution in [0.25, 0.3) is 0 Å². The number of hydrogen-bond donors (Lipinski definition) is 0. The SMILES string of the molecule is COCCN1CC2(CCC1=O)CCN(Cc1nc(C)nn1C)CC2. The van der Waals surface area contributed by atoms with Gasteiger partial charge in [-0.05, 0) is 44.7 Å². The molecule has 134 valence electrons. The highest BCUT2D eigenvalue weighted by Gasteiger charge is 2.40. The number of amides is 1. The predicted octanol–water partition coefficient (Wildman–Crippen LogP) is 0.975. The van der Waals surface area contributed by atoms with Crippen molar-refractivity contribution in [2.24, 2.45) is 12.5 Å². The summed E-state index contributed by atoms with van der Waals surface area (Å²) in [5.41, 5.74) is 0.300. The molecule has 1 spiro atoms. The molecule has 1 amide bonds. The van der Waals surface area contributed by atoms with Crippen LogP contribution in [-0.2, 0) is 23.1 Å². The summed E-state index contributed by atoms with van der Waals surface area (Å²) in [6.07, 6.45) is 4.03. The smallest absolute Gasteiger partial charge is 0.222 e. The van der Waals surface area contributed by atoms with Gasteiger partial charge in [0.2, 0.25) is 5.91 Å². The Morgan fingerprint density at radius 2 is 2.00 bits per heavy atom. The van der Waals surface area contributed by atoms with Crippen molar-refractivity contribution in [2.45, 2.75) is 39.2 Å². The second-order valence-electron chi connectivity index (χ2n) is 7.28. The van der Waals surface area contributed by atoms with E-state index in [0.29, 0.717) is 18.4 Å². The van der Waals surface area contributed by atoms with Crippen LogP contribution in [0.5, 0.6) is 0 Å². The quantitative estimate of drug-likeness (QED) is 0.802. The average molecular weight is 335 g/mol. The Morgan fingerprint density at radius 3 is 2.62 bits per heavy atom. The molecule has 0 radical (unpaired) electrons. The molecule has 0 atom stereocenters. The molecule has 0 unspecified atom stereocenters. The van der Waals surface area contributed by atoms with Gasteiger partial charge >= 0.3 is 0 Å². The molecule has 0 bridgehead atoms. The predicted molar refractivity (Wildman–Crippen MR) is 90.4 cm³/mol. The number of methoxy groups -OCH3 is 1. The van der Waals surface area contributed by atoms with E-state index in [1.54, 1.807) is 7.11 Å². The van der Waals surface area contributed by atoms with Crippen molar-refractivity contribution in [3.63, 3.8) is 0 Å². The molecule has 0 aliphatic carbocycles. The van der Waals surface area contributed by atoms with Crippen LogP contribution >= 0.6 is 0 Å². The van der Waals surface area contributed by atoms with E-state index in [0.717, 1.165) is 63.6 Å². The minimum absolute atomic E-state index is 0.287. The van der Waals surface area contributed by atoms with Crippen molar-refractivity contribution in [3.8, 4) is 0 Å². The third-order valence-corrected chi connectivity index (χ3v) is 5.55. The first-order valence-electron chi connectivity index (χ1n) is 8.87. The summed E-state index contributed by atoms with van der Waals surface area (Å²) in [7, 11) is 3.65. The number of hydrogen-bond acceptors (Lipinski definition) is 5. The number of rotatable bonds is 5. The van der Waals surface area contributed by atoms with E-state index in [9.17, 15) is 4.79 Å². The van der Waals surface area contributed by atoms with Gasteiger partial charge in [0.05, 0.1) is 13.2 Å². The highest BCUT2D eigenvalue weighted by atomic mass is 16.5. The number of likely N-dealkylation sites (tertiary alicyclic amines) is 2. The lowest BCUT2D eigenvalue weighted by Crippen LogP contribution is -2.52. The average Bonchev–Trinajstić information content (AvgIpc) is 2.88. The third-order valence-electron chi connectivity index (χ3n) is 5.55. The van der Waals surface area contributed by atoms with Crippen molar-refractivity contribution < 1.29 is 9.53 Å². The summed E-state index contributed by atoms with van der Waals surface area (Å²) in [5, 5.41) is 4.33. The van der Waals surface area contributed by atoms with Crippen molar-refractivity contribution in [3.05, 3.63) is 11.6 Å². The lowest BCUT2D eigenvalue weighted by atomic mass is 9.72. The van der Waals surface area contributed by atoms with Gasteiger partial charge in [-0.1, -0.05) is 0 Å². The van der Waals surface area contributed by atoms with Crippen molar-refractivity contribution in [1.29, 1.82) is 0 Å². The number of piperidine rings is 2. The minimum atomic E-state index is 0.287. The summed E-state index contributed by atoms with van der Waals surface area (Å²) >= 11 is 0. The molecular weight excluding hydrogens is 306 g/mol. The van der Waals surface area contributed by atoms with Gasteiger partial charge in [0, 0.05) is 33.7 Å². The highest BCUT2D eigenvalue weighted by molar-refractivity contribution is 5.77. The molecule has 0 N–H and O–H groups in total. The lowest BCUT2D eigenvalue weighted by Gasteiger charge is -2.47. The number of carbonyl (C=O) groups excluding carboxylic acids is 1. The maximum Gasteiger partial charge on any atom is 0.222 e. The Kier molecular flexibility index (Phi) is 5.20. The number of aryl methyl sites for hydroxylation is 2. The first-order valence-corrected chi connectivity index (χ1v) is 8.87. The Labute approximate surface area is 144 Å². The molecule has 7 nitrogen and oxygen atoms in total. The molecule has 0 aromatic carbocycles. The second-order valence-corrected chi connectivity index (χ2v) is 7.28. The molecule has 0 saturated carbocycles. The minimum Gasteiger partial charge on any atom is -0.383 e. The molecule has 1 aromatic heterocycles. The van der Waals surface area contributed by atoms with Crippen LogP contribution in [0.2, 0.25) is 0 Å². The Hall–Kier alpha value is -1.47. The largest absolute Gasteiger partial charge is 0.383 e. The maximum atomic E-state index is 12.1. The number of nitrogens with zero attached hydrogens (tertiary/aromatic N) is 5. The van der Waals surface area contributed by atoms with Crippen LogP contribution in [0, 0.1) is 12.3 Å². The van der Waals surface area contributed by atoms with Crippen LogP contribution in [0.4, 0.5) is 0 Å². The molecule has 1 aromatic rings. The van der Waals surface area contributed by atoms with Crippen molar-refractivity contribution >= 4 is 5.91 Å². The van der Waals surface area contributed by atoms with Gasteiger partial charge in [-0.15, -0.1) is 0 Å². The van der Waals surface area contributed by atoms with Crippen LogP contribution in [-0.4, -0.2) is 70.4 Å². The van der Waals surface area contributed by atoms with Gasteiger partial charge in [-0.25, -0.2) is 4.98 Å². The van der Waals surface area contributed by atoms with Crippen LogP contribution in [0.1, 0.15) is 37.3 Å². The molecule has 2 fully saturated rings. The summed E-state index contributed by atoms with van der Waals surface area (Å²) < 4.78 is 7.03. The number of ether oxygens (including phenoxy) is 1. The van der Waals surface area contributed by atoms with Crippen LogP contribution < -0.4 is 0 Å². The topological polar surface area (TPSA) is 63.5 Å². The van der Waals surface area contributed by atoms with E-state index in [-0.39, 0.29) is 5.91 Å². The van der Waals surface area contributed by atoms with Crippen molar-refractivity contribution in [2.75, 3.05) is 39.9 Å².